The Balaban J connectivity index is 1.20. The van der Waals surface area contributed by atoms with Gasteiger partial charge in [-0.2, -0.15) is 0 Å². The number of hydrogen-bond acceptors (Lipinski definition) is 4. The first kappa shape index (κ1) is 49.1. The highest BCUT2D eigenvalue weighted by molar-refractivity contribution is 6.94. The highest BCUT2D eigenvalue weighted by Crippen LogP contribution is 2.53. The molecule has 0 radical (unpaired) electrons. The molecule has 12 rings (SSSR count). The lowest BCUT2D eigenvalue weighted by molar-refractivity contribution is 0.590. The third-order valence-corrected chi connectivity index (χ3v) is 16.1. The maximum absolute atomic E-state index is 6.76. The Morgan fingerprint density at radius 3 is 1.58 bits per heavy atom. The van der Waals surface area contributed by atoms with E-state index in [1.165, 1.54) is 72.4 Å². The van der Waals surface area contributed by atoms with E-state index in [2.05, 4.69) is 293 Å². The van der Waals surface area contributed by atoms with Crippen LogP contribution in [0.15, 0.2) is 192 Å². The van der Waals surface area contributed by atoms with Gasteiger partial charge in [0.1, 0.15) is 11.2 Å². The van der Waals surface area contributed by atoms with Gasteiger partial charge < -0.3 is 19.0 Å². The van der Waals surface area contributed by atoms with Crippen molar-refractivity contribution in [2.45, 2.75) is 112 Å². The Bertz CT molecular complexity index is 3800. The summed E-state index contributed by atoms with van der Waals surface area (Å²) < 4.78 is 6.76. The Kier molecular flexibility index (Phi) is 11.4. The van der Waals surface area contributed by atoms with Crippen molar-refractivity contribution in [2.24, 2.45) is 0 Å². The van der Waals surface area contributed by atoms with Crippen LogP contribution in [-0.4, -0.2) is 6.85 Å². The summed E-state index contributed by atoms with van der Waals surface area (Å²) in [6.07, 6.45) is 0. The normalized spacial score (nSPS) is 13.5. The van der Waals surface area contributed by atoms with Crippen LogP contribution in [0.3, 0.4) is 0 Å². The molecule has 378 valence electrons. The van der Waals surface area contributed by atoms with Gasteiger partial charge in [-0.25, -0.2) is 0 Å². The summed E-state index contributed by atoms with van der Waals surface area (Å²) in [5.41, 5.74) is 24.5. The number of aryl methyl sites for hydroxylation is 1. The average Bonchev–Trinajstić information content (AvgIpc) is 3.80. The molecule has 10 aromatic rings. The standard InChI is InChI=1S/C71H70BN3O/c1-45-41-58-55-37-40-64-65(56-21-17-18-22-63(56)76-64)67(55)75(53-34-27-49(28-35-53)70(8,9)10)72-59-38-36-54(73(51-30-23-47(24-31-51)68(2,3)4)52-32-25-48(26-33-52)69(5,6)7)44-61(59)74(62(42-45)66(58)72)60-39-29-50(71(11,12)13)43-57(60)46-19-15-14-16-20-46/h14-44H,1-13H3. The summed E-state index contributed by atoms with van der Waals surface area (Å²) in [7, 11) is 0. The molecule has 0 atom stereocenters. The molecule has 0 bridgehead atoms. The molecule has 0 saturated heterocycles. The number of para-hydroxylation sites is 1. The maximum atomic E-state index is 6.76. The van der Waals surface area contributed by atoms with Crippen molar-refractivity contribution in [2.75, 3.05) is 14.6 Å². The molecular formula is C71H70BN3O. The highest BCUT2D eigenvalue weighted by Gasteiger charge is 2.47. The molecule has 0 fully saturated rings. The van der Waals surface area contributed by atoms with Crippen LogP contribution < -0.4 is 25.5 Å². The smallest absolute Gasteiger partial charge is 0.333 e. The molecule has 9 aromatic carbocycles. The first-order valence-corrected chi connectivity index (χ1v) is 27.3. The highest BCUT2D eigenvalue weighted by atomic mass is 16.3. The molecular weight excluding hydrogens is 922 g/mol. The average molecular weight is 992 g/mol. The van der Waals surface area contributed by atoms with Crippen molar-refractivity contribution in [3.63, 3.8) is 0 Å². The van der Waals surface area contributed by atoms with Gasteiger partial charge >= 0.3 is 6.85 Å². The fourth-order valence-corrected chi connectivity index (χ4v) is 11.9. The monoisotopic (exact) mass is 992 g/mol. The quantitative estimate of drug-likeness (QED) is 0.155. The molecule has 0 aliphatic carbocycles. The third kappa shape index (κ3) is 8.31. The first-order valence-electron chi connectivity index (χ1n) is 27.3. The van der Waals surface area contributed by atoms with Crippen molar-refractivity contribution in [3.8, 4) is 22.3 Å². The van der Waals surface area contributed by atoms with Gasteiger partial charge in [0, 0.05) is 56.3 Å². The van der Waals surface area contributed by atoms with E-state index in [-0.39, 0.29) is 28.5 Å². The molecule has 3 heterocycles. The predicted octanol–water partition coefficient (Wildman–Crippen LogP) is 18.9. The van der Waals surface area contributed by atoms with Gasteiger partial charge in [0.2, 0.25) is 0 Å². The molecule has 1 aromatic heterocycles. The van der Waals surface area contributed by atoms with E-state index in [0.717, 1.165) is 56.1 Å². The second-order valence-electron chi connectivity index (χ2n) is 25.6. The van der Waals surface area contributed by atoms with Crippen LogP contribution in [0.1, 0.15) is 111 Å². The van der Waals surface area contributed by atoms with E-state index in [1.807, 2.05) is 0 Å². The summed E-state index contributed by atoms with van der Waals surface area (Å²) in [6, 6.07) is 71.3. The Morgan fingerprint density at radius 2 is 0.974 bits per heavy atom. The molecule has 2 aliphatic heterocycles. The van der Waals surface area contributed by atoms with Gasteiger partial charge in [0.05, 0.1) is 11.1 Å². The van der Waals surface area contributed by atoms with Crippen molar-refractivity contribution < 1.29 is 4.42 Å². The summed E-state index contributed by atoms with van der Waals surface area (Å²) in [5.74, 6) is 0. The number of anilines is 8. The van der Waals surface area contributed by atoms with Crippen LogP contribution in [0, 0.1) is 6.92 Å². The molecule has 2 aliphatic rings. The minimum absolute atomic E-state index is 0.0109. The molecule has 0 saturated carbocycles. The van der Waals surface area contributed by atoms with Crippen LogP contribution in [0.4, 0.5) is 45.5 Å². The Labute approximate surface area is 451 Å². The van der Waals surface area contributed by atoms with Crippen LogP contribution in [-0.2, 0) is 21.7 Å². The second-order valence-corrected chi connectivity index (χ2v) is 25.6. The van der Waals surface area contributed by atoms with Gasteiger partial charge in [-0.3, -0.25) is 0 Å². The molecule has 0 spiro atoms. The number of furan rings is 1. The predicted molar refractivity (Wildman–Crippen MR) is 327 cm³/mol. The van der Waals surface area contributed by atoms with Crippen LogP contribution in [0.2, 0.25) is 0 Å². The van der Waals surface area contributed by atoms with Crippen molar-refractivity contribution >= 4 is 85.2 Å². The topological polar surface area (TPSA) is 22.9 Å². The number of hydrogen-bond donors (Lipinski definition) is 0. The summed E-state index contributed by atoms with van der Waals surface area (Å²) >= 11 is 0. The van der Waals surface area contributed by atoms with E-state index in [9.17, 15) is 0 Å². The largest absolute Gasteiger partial charge is 0.456 e. The number of nitrogens with zero attached hydrogens (tertiary/aromatic N) is 3. The zero-order valence-corrected chi connectivity index (χ0v) is 46.7. The van der Waals surface area contributed by atoms with E-state index in [0.29, 0.717) is 0 Å². The zero-order chi connectivity index (χ0) is 53.2. The summed E-state index contributed by atoms with van der Waals surface area (Å²) in [4.78, 5) is 7.71. The van der Waals surface area contributed by atoms with Crippen LogP contribution in [0.25, 0.3) is 44.2 Å². The minimum atomic E-state index is -0.210. The number of rotatable bonds is 6. The summed E-state index contributed by atoms with van der Waals surface area (Å²) in [6.45, 7) is 29.6. The SMILES string of the molecule is Cc1cc2c3c(c1)N(c1ccc(C(C)(C)C)cc1-c1ccccc1)c1cc(N(c4ccc(C(C)(C)C)cc4)c4ccc(C(C)(C)C)cc4)ccc1B3N(c1ccc(C(C)(C)C)cc1)c1c-2ccc2oc3ccccc3c12. The lowest BCUT2D eigenvalue weighted by atomic mass is 9.43. The van der Waals surface area contributed by atoms with Crippen molar-refractivity contribution in [1.82, 2.24) is 0 Å². The van der Waals surface area contributed by atoms with Gasteiger partial charge in [-0.05, 0) is 163 Å². The van der Waals surface area contributed by atoms with Gasteiger partial charge in [-0.1, -0.05) is 186 Å². The Morgan fingerprint density at radius 1 is 0.421 bits per heavy atom. The summed E-state index contributed by atoms with van der Waals surface area (Å²) in [5, 5.41) is 2.25. The fraction of sp³-hybridized carbons (Fsp3) is 0.239. The third-order valence-electron chi connectivity index (χ3n) is 16.1. The lowest BCUT2D eigenvalue weighted by Crippen LogP contribution is -2.61. The Hall–Kier alpha value is -7.76. The van der Waals surface area contributed by atoms with Gasteiger partial charge in [-0.15, -0.1) is 0 Å². The minimum Gasteiger partial charge on any atom is -0.456 e. The van der Waals surface area contributed by atoms with Crippen LogP contribution in [0.5, 0.6) is 0 Å². The molecule has 0 N–H and O–H groups in total. The molecule has 0 unspecified atom stereocenters. The van der Waals surface area contributed by atoms with E-state index in [4.69, 9.17) is 4.42 Å². The second kappa shape index (κ2) is 17.7. The van der Waals surface area contributed by atoms with E-state index < -0.39 is 0 Å². The van der Waals surface area contributed by atoms with Gasteiger partial charge in [0.25, 0.3) is 0 Å². The fourth-order valence-electron chi connectivity index (χ4n) is 11.9. The van der Waals surface area contributed by atoms with E-state index in [1.54, 1.807) is 0 Å². The van der Waals surface area contributed by atoms with E-state index >= 15 is 0 Å². The maximum Gasteiger partial charge on any atom is 0.333 e. The van der Waals surface area contributed by atoms with Crippen LogP contribution >= 0.6 is 0 Å². The molecule has 76 heavy (non-hydrogen) atoms. The molecule has 0 amide bonds. The van der Waals surface area contributed by atoms with Crippen molar-refractivity contribution in [3.05, 3.63) is 216 Å². The first-order chi connectivity index (χ1) is 36.1. The number of benzene rings is 9. The molecule has 5 heteroatoms. The molecule has 4 nitrogen and oxygen atoms in total. The number of fused-ring (bicyclic) bond motifs is 8. The lowest BCUT2D eigenvalue weighted by Gasteiger charge is -2.46. The zero-order valence-electron chi connectivity index (χ0n) is 46.7. The van der Waals surface area contributed by atoms with Gasteiger partial charge in [0.15, 0.2) is 0 Å². The van der Waals surface area contributed by atoms with Crippen molar-refractivity contribution in [1.29, 1.82) is 0 Å².